The number of hydrogen-bond donors (Lipinski definition) is 0. The first-order valence-corrected chi connectivity index (χ1v) is 9.92. The fourth-order valence-corrected chi connectivity index (χ4v) is 3.71. The molecule has 2 heterocycles. The molecule has 0 atom stereocenters. The van der Waals surface area contributed by atoms with Crippen LogP contribution in [0.1, 0.15) is 11.1 Å². The molecule has 0 aliphatic carbocycles. The Balaban J connectivity index is 1.71. The molecule has 0 unspecified atom stereocenters. The van der Waals surface area contributed by atoms with Crippen molar-refractivity contribution >= 4 is 22.6 Å². The number of ether oxygens (including phenoxy) is 1. The molecule has 0 fully saturated rings. The van der Waals surface area contributed by atoms with Gasteiger partial charge in [-0.1, -0.05) is 61.2 Å². The highest BCUT2D eigenvalue weighted by Gasteiger charge is 2.16. The molecule has 0 radical (unpaired) electrons. The molecule has 152 valence electrons. The van der Waals surface area contributed by atoms with Gasteiger partial charge in [0.25, 0.3) is 0 Å². The summed E-state index contributed by atoms with van der Waals surface area (Å²) in [5, 5.41) is 5.41. The number of fused-ring (bicyclic) bond motifs is 3. The molecule has 5 rings (SSSR count). The molecule has 31 heavy (non-hydrogen) atoms. The Kier molecular flexibility index (Phi) is 4.59. The number of aromatic nitrogens is 4. The molecule has 3 aromatic carbocycles. The second-order valence-corrected chi connectivity index (χ2v) is 7.23. The van der Waals surface area contributed by atoms with Gasteiger partial charge in [0.15, 0.2) is 11.5 Å². The Labute approximate surface area is 178 Å². The van der Waals surface area contributed by atoms with E-state index in [4.69, 9.17) is 9.72 Å². The second kappa shape index (κ2) is 7.57. The van der Waals surface area contributed by atoms with E-state index < -0.39 is 0 Å². The fourth-order valence-electron chi connectivity index (χ4n) is 3.71. The van der Waals surface area contributed by atoms with Crippen LogP contribution in [-0.4, -0.2) is 26.3 Å². The van der Waals surface area contributed by atoms with Crippen LogP contribution < -0.4 is 10.4 Å². The zero-order valence-corrected chi connectivity index (χ0v) is 17.0. The van der Waals surface area contributed by atoms with E-state index in [2.05, 4.69) is 11.7 Å². The number of methoxy groups -OCH3 is 1. The molecule has 0 N–H and O–H groups in total. The van der Waals surface area contributed by atoms with Gasteiger partial charge in [-0.05, 0) is 35.4 Å². The number of nitrogens with zero attached hydrogens (tertiary/aromatic N) is 4. The van der Waals surface area contributed by atoms with Crippen LogP contribution in [0.4, 0.5) is 0 Å². The lowest BCUT2D eigenvalue weighted by atomic mass is 10.1. The molecular weight excluding hydrogens is 388 g/mol. The van der Waals surface area contributed by atoms with E-state index in [0.29, 0.717) is 23.8 Å². The van der Waals surface area contributed by atoms with Crippen molar-refractivity contribution in [2.24, 2.45) is 0 Å². The highest BCUT2D eigenvalue weighted by Crippen LogP contribution is 2.24. The van der Waals surface area contributed by atoms with Gasteiger partial charge >= 0.3 is 5.69 Å². The molecule has 0 bridgehead atoms. The van der Waals surface area contributed by atoms with Crippen LogP contribution in [0.15, 0.2) is 84.2 Å². The highest BCUT2D eigenvalue weighted by molar-refractivity contribution is 5.92. The predicted octanol–water partition coefficient (Wildman–Crippen LogP) is 4.41. The van der Waals surface area contributed by atoms with Crippen LogP contribution in [0.25, 0.3) is 34.0 Å². The Morgan fingerprint density at radius 3 is 2.61 bits per heavy atom. The molecule has 0 saturated carbocycles. The zero-order valence-electron chi connectivity index (χ0n) is 17.0. The number of para-hydroxylation sites is 1. The summed E-state index contributed by atoms with van der Waals surface area (Å²) in [7, 11) is 1.62. The summed E-state index contributed by atoms with van der Waals surface area (Å²) in [4.78, 5) is 18.1. The van der Waals surface area contributed by atoms with Crippen LogP contribution >= 0.6 is 0 Å². The normalized spacial score (nSPS) is 11.1. The van der Waals surface area contributed by atoms with Gasteiger partial charge < -0.3 is 4.74 Å². The highest BCUT2D eigenvalue weighted by atomic mass is 16.5. The quantitative estimate of drug-likeness (QED) is 0.432. The first kappa shape index (κ1) is 18.8. The number of benzene rings is 3. The van der Waals surface area contributed by atoms with Gasteiger partial charge in [-0.25, -0.2) is 9.78 Å². The molecule has 0 saturated heterocycles. The van der Waals surface area contributed by atoms with Crippen molar-refractivity contribution in [3.63, 3.8) is 0 Å². The second-order valence-electron chi connectivity index (χ2n) is 7.23. The van der Waals surface area contributed by atoms with Crippen molar-refractivity contribution < 1.29 is 4.74 Å². The van der Waals surface area contributed by atoms with Gasteiger partial charge in [-0.2, -0.15) is 4.52 Å². The molecular formula is C25H20N4O2. The van der Waals surface area contributed by atoms with E-state index in [0.717, 1.165) is 27.6 Å². The van der Waals surface area contributed by atoms with E-state index in [-0.39, 0.29) is 5.69 Å². The topological polar surface area (TPSA) is 61.4 Å². The Morgan fingerprint density at radius 2 is 1.84 bits per heavy atom. The maximum Gasteiger partial charge on any atom is 0.351 e. The standard InChI is InChI=1S/C25H20N4O2/c1-3-17-11-13-18(14-12-17)16-28-22-10-5-4-9-21(22)24-26-23(27-29(24)25(28)30)19-7-6-8-20(15-19)31-2/h3-15H,1,16H2,2H3. The van der Waals surface area contributed by atoms with Crippen molar-refractivity contribution in [2.75, 3.05) is 7.11 Å². The third-order valence-corrected chi connectivity index (χ3v) is 5.34. The SMILES string of the molecule is C=Cc1ccc(Cn2c(=O)n3nc(-c4cccc(OC)c4)nc3c3ccccc32)cc1. The minimum atomic E-state index is -0.233. The van der Waals surface area contributed by atoms with Crippen molar-refractivity contribution in [1.82, 2.24) is 19.2 Å². The summed E-state index contributed by atoms with van der Waals surface area (Å²) in [6, 6.07) is 23.3. The molecule has 0 aliphatic rings. The summed E-state index contributed by atoms with van der Waals surface area (Å²) in [5.74, 6) is 1.19. The van der Waals surface area contributed by atoms with Crippen molar-refractivity contribution in [3.05, 3.63) is 101 Å². The van der Waals surface area contributed by atoms with Crippen LogP contribution in [0.5, 0.6) is 5.75 Å². The van der Waals surface area contributed by atoms with Crippen LogP contribution in [0.3, 0.4) is 0 Å². The lowest BCUT2D eigenvalue weighted by molar-refractivity contribution is 0.415. The monoisotopic (exact) mass is 408 g/mol. The maximum absolute atomic E-state index is 13.4. The Bertz CT molecular complexity index is 1480. The van der Waals surface area contributed by atoms with Crippen molar-refractivity contribution in [2.45, 2.75) is 6.54 Å². The largest absolute Gasteiger partial charge is 0.497 e. The van der Waals surface area contributed by atoms with Crippen LogP contribution in [0, 0.1) is 0 Å². The van der Waals surface area contributed by atoms with Crippen LogP contribution in [0.2, 0.25) is 0 Å². The van der Waals surface area contributed by atoms with Crippen LogP contribution in [-0.2, 0) is 6.54 Å². The summed E-state index contributed by atoms with van der Waals surface area (Å²) in [6.07, 6.45) is 1.80. The maximum atomic E-state index is 13.4. The predicted molar refractivity (Wildman–Crippen MR) is 122 cm³/mol. The molecule has 6 nitrogen and oxygen atoms in total. The summed E-state index contributed by atoms with van der Waals surface area (Å²) < 4.78 is 8.43. The average Bonchev–Trinajstić information content (AvgIpc) is 3.28. The van der Waals surface area contributed by atoms with Crippen molar-refractivity contribution in [3.8, 4) is 17.1 Å². The fraction of sp³-hybridized carbons (Fsp3) is 0.0800. The molecule has 2 aromatic heterocycles. The lowest BCUT2D eigenvalue weighted by Crippen LogP contribution is -2.28. The van der Waals surface area contributed by atoms with Gasteiger partial charge in [0.2, 0.25) is 0 Å². The first-order chi connectivity index (χ1) is 15.2. The number of hydrogen-bond acceptors (Lipinski definition) is 4. The van der Waals surface area contributed by atoms with E-state index >= 15 is 0 Å². The first-order valence-electron chi connectivity index (χ1n) is 9.92. The minimum absolute atomic E-state index is 0.233. The molecule has 5 aromatic rings. The van der Waals surface area contributed by atoms with E-state index in [1.165, 1.54) is 4.52 Å². The summed E-state index contributed by atoms with van der Waals surface area (Å²) in [6.45, 7) is 4.22. The Morgan fingerprint density at radius 1 is 1.03 bits per heavy atom. The van der Waals surface area contributed by atoms with Gasteiger partial charge in [0.1, 0.15) is 5.75 Å². The van der Waals surface area contributed by atoms with Gasteiger partial charge in [-0.15, -0.1) is 5.10 Å². The van der Waals surface area contributed by atoms with Gasteiger partial charge in [0, 0.05) is 10.9 Å². The molecule has 6 heteroatoms. The van der Waals surface area contributed by atoms with E-state index in [1.807, 2.05) is 72.8 Å². The molecule has 0 amide bonds. The molecule has 0 aliphatic heterocycles. The third kappa shape index (κ3) is 3.28. The molecule has 0 spiro atoms. The van der Waals surface area contributed by atoms with Crippen molar-refractivity contribution in [1.29, 1.82) is 0 Å². The van der Waals surface area contributed by atoms with Gasteiger partial charge in [-0.3, -0.25) is 4.57 Å². The lowest BCUT2D eigenvalue weighted by Gasteiger charge is -2.11. The van der Waals surface area contributed by atoms with E-state index in [1.54, 1.807) is 17.8 Å². The summed E-state index contributed by atoms with van der Waals surface area (Å²) >= 11 is 0. The smallest absolute Gasteiger partial charge is 0.351 e. The minimum Gasteiger partial charge on any atom is -0.497 e. The Hall–Kier alpha value is -4.19. The summed E-state index contributed by atoms with van der Waals surface area (Å²) in [5.41, 5.74) is 3.97. The van der Waals surface area contributed by atoms with E-state index in [9.17, 15) is 4.79 Å². The number of rotatable bonds is 5. The third-order valence-electron chi connectivity index (χ3n) is 5.34. The average molecular weight is 408 g/mol. The van der Waals surface area contributed by atoms with Gasteiger partial charge in [0.05, 0.1) is 19.2 Å². The zero-order chi connectivity index (χ0) is 21.4.